The number of carboxylic acids is 1. The molecule has 0 radical (unpaired) electrons. The average Bonchev–Trinajstić information content (AvgIpc) is 2.88. The van der Waals surface area contributed by atoms with Crippen molar-refractivity contribution >= 4 is 12.0 Å². The Kier molecular flexibility index (Phi) is 4.30. The summed E-state index contributed by atoms with van der Waals surface area (Å²) in [5.41, 5.74) is 2.79. The van der Waals surface area contributed by atoms with Gasteiger partial charge in [0.1, 0.15) is 0 Å². The third-order valence-corrected chi connectivity index (χ3v) is 2.98. The molecule has 0 aliphatic heterocycles. The van der Waals surface area contributed by atoms with Crippen LogP contribution in [0.5, 0.6) is 0 Å². The minimum Gasteiger partial charge on any atom is -0.478 e. The molecule has 0 saturated heterocycles. The zero-order chi connectivity index (χ0) is 14.5. The quantitative estimate of drug-likeness (QED) is 0.848. The van der Waals surface area contributed by atoms with E-state index in [2.05, 4.69) is 30.0 Å². The highest BCUT2D eigenvalue weighted by molar-refractivity contribution is 5.85. The van der Waals surface area contributed by atoms with Crippen LogP contribution in [-0.4, -0.2) is 25.8 Å². The van der Waals surface area contributed by atoms with Gasteiger partial charge in [-0.2, -0.15) is 5.10 Å². The highest BCUT2D eigenvalue weighted by Gasteiger charge is 2.11. The molecule has 2 rings (SSSR count). The van der Waals surface area contributed by atoms with Crippen molar-refractivity contribution in [2.75, 3.05) is 0 Å². The molecule has 0 aliphatic carbocycles. The largest absolute Gasteiger partial charge is 0.478 e. The summed E-state index contributed by atoms with van der Waals surface area (Å²) in [5, 5.41) is 13.3. The molecular weight excluding hydrogens is 254 g/mol. The van der Waals surface area contributed by atoms with Crippen molar-refractivity contribution in [2.24, 2.45) is 0 Å². The van der Waals surface area contributed by atoms with E-state index in [0.29, 0.717) is 5.82 Å². The van der Waals surface area contributed by atoms with Crippen LogP contribution in [0.15, 0.2) is 30.5 Å². The third kappa shape index (κ3) is 2.93. The lowest BCUT2D eigenvalue weighted by Crippen LogP contribution is -2.06. The fraction of sp³-hybridized carbons (Fsp3) is 0.267. The minimum absolute atomic E-state index is 0.654. The third-order valence-electron chi connectivity index (χ3n) is 2.98. The standard InChI is InChI=1S/C15H17N3O2/c1-3-12-10-13(4-2)18(17-12)15-11(6-5-9-16-15)7-8-14(19)20/h5-10H,3-4H2,1-2H3,(H,19,20)/b8-7+. The molecule has 104 valence electrons. The Morgan fingerprint density at radius 2 is 2.20 bits per heavy atom. The van der Waals surface area contributed by atoms with Crippen molar-refractivity contribution in [3.8, 4) is 5.82 Å². The van der Waals surface area contributed by atoms with Crippen LogP contribution >= 0.6 is 0 Å². The van der Waals surface area contributed by atoms with Crippen LogP contribution in [0, 0.1) is 0 Å². The molecule has 0 saturated carbocycles. The fourth-order valence-corrected chi connectivity index (χ4v) is 1.96. The summed E-state index contributed by atoms with van der Waals surface area (Å²) in [6.45, 7) is 4.11. The second-order valence-electron chi connectivity index (χ2n) is 4.33. The Labute approximate surface area is 117 Å². The van der Waals surface area contributed by atoms with Crippen molar-refractivity contribution in [3.05, 3.63) is 47.4 Å². The lowest BCUT2D eigenvalue weighted by atomic mass is 10.2. The van der Waals surface area contributed by atoms with E-state index in [1.54, 1.807) is 16.9 Å². The van der Waals surface area contributed by atoms with Gasteiger partial charge in [-0.05, 0) is 37.1 Å². The monoisotopic (exact) mass is 271 g/mol. The van der Waals surface area contributed by atoms with E-state index in [1.165, 1.54) is 6.08 Å². The van der Waals surface area contributed by atoms with Gasteiger partial charge in [0.05, 0.1) is 5.69 Å². The smallest absolute Gasteiger partial charge is 0.328 e. The highest BCUT2D eigenvalue weighted by atomic mass is 16.4. The van der Waals surface area contributed by atoms with Crippen LogP contribution < -0.4 is 0 Å². The number of aryl methyl sites for hydroxylation is 2. The molecule has 0 aliphatic rings. The van der Waals surface area contributed by atoms with Gasteiger partial charge in [-0.25, -0.2) is 14.5 Å². The zero-order valence-corrected chi connectivity index (χ0v) is 11.6. The van der Waals surface area contributed by atoms with Gasteiger partial charge in [-0.3, -0.25) is 0 Å². The summed E-state index contributed by atoms with van der Waals surface area (Å²) in [6.07, 6.45) is 6.02. The molecule has 0 spiro atoms. The normalized spacial score (nSPS) is 11.1. The van der Waals surface area contributed by atoms with E-state index in [1.807, 2.05) is 6.07 Å². The van der Waals surface area contributed by atoms with Crippen molar-refractivity contribution in [1.82, 2.24) is 14.8 Å². The van der Waals surface area contributed by atoms with Crippen LogP contribution in [0.2, 0.25) is 0 Å². The summed E-state index contributed by atoms with van der Waals surface area (Å²) in [5.74, 6) is -0.327. The number of hydrogen-bond acceptors (Lipinski definition) is 3. The first-order valence-electron chi connectivity index (χ1n) is 6.60. The number of hydrogen-bond donors (Lipinski definition) is 1. The predicted molar refractivity (Wildman–Crippen MR) is 76.8 cm³/mol. The number of carbonyl (C=O) groups is 1. The summed E-state index contributed by atoms with van der Waals surface area (Å²) in [6, 6.07) is 5.66. The molecular formula is C15H17N3O2. The van der Waals surface area contributed by atoms with Crippen LogP contribution in [0.4, 0.5) is 0 Å². The van der Waals surface area contributed by atoms with Crippen LogP contribution in [-0.2, 0) is 17.6 Å². The molecule has 0 aromatic carbocycles. The predicted octanol–water partition coefficient (Wildman–Crippen LogP) is 2.49. The van der Waals surface area contributed by atoms with Crippen molar-refractivity contribution < 1.29 is 9.90 Å². The zero-order valence-electron chi connectivity index (χ0n) is 11.6. The molecule has 2 aromatic rings. The number of carboxylic acid groups (broad SMARTS) is 1. The number of aromatic nitrogens is 3. The molecule has 0 fully saturated rings. The number of pyridine rings is 1. The van der Waals surface area contributed by atoms with Gasteiger partial charge in [0.2, 0.25) is 0 Å². The Morgan fingerprint density at radius 3 is 2.85 bits per heavy atom. The van der Waals surface area contributed by atoms with Crippen LogP contribution in [0.3, 0.4) is 0 Å². The van der Waals surface area contributed by atoms with Crippen molar-refractivity contribution in [2.45, 2.75) is 26.7 Å². The van der Waals surface area contributed by atoms with Crippen LogP contribution in [0.25, 0.3) is 11.9 Å². The molecule has 0 bridgehead atoms. The molecule has 5 heteroatoms. The van der Waals surface area contributed by atoms with E-state index < -0.39 is 5.97 Å². The Balaban J connectivity index is 2.52. The first kappa shape index (κ1) is 14.0. The molecule has 0 unspecified atom stereocenters. The summed E-state index contributed by atoms with van der Waals surface area (Å²) < 4.78 is 1.79. The molecule has 0 amide bonds. The maximum atomic E-state index is 10.7. The fourth-order valence-electron chi connectivity index (χ4n) is 1.96. The van der Waals surface area contributed by atoms with Gasteiger partial charge >= 0.3 is 5.97 Å². The van der Waals surface area contributed by atoms with E-state index >= 15 is 0 Å². The van der Waals surface area contributed by atoms with E-state index in [4.69, 9.17) is 5.11 Å². The Hall–Kier alpha value is -2.43. The van der Waals surface area contributed by atoms with Crippen molar-refractivity contribution in [3.63, 3.8) is 0 Å². The van der Waals surface area contributed by atoms with Gasteiger partial charge in [0.15, 0.2) is 5.82 Å². The Morgan fingerprint density at radius 1 is 1.40 bits per heavy atom. The number of aliphatic carboxylic acids is 1. The molecule has 20 heavy (non-hydrogen) atoms. The maximum absolute atomic E-state index is 10.7. The molecule has 0 atom stereocenters. The SMILES string of the molecule is CCc1cc(CC)n(-c2ncccc2/C=C/C(=O)O)n1. The number of nitrogens with zero attached hydrogens (tertiary/aromatic N) is 3. The first-order valence-corrected chi connectivity index (χ1v) is 6.60. The van der Waals surface area contributed by atoms with Gasteiger partial charge in [0, 0.05) is 23.5 Å². The first-order chi connectivity index (χ1) is 9.65. The maximum Gasteiger partial charge on any atom is 0.328 e. The summed E-state index contributed by atoms with van der Waals surface area (Å²) in [7, 11) is 0. The molecule has 2 heterocycles. The minimum atomic E-state index is -0.981. The topological polar surface area (TPSA) is 68.0 Å². The summed E-state index contributed by atoms with van der Waals surface area (Å²) in [4.78, 5) is 15.0. The summed E-state index contributed by atoms with van der Waals surface area (Å²) >= 11 is 0. The lowest BCUT2D eigenvalue weighted by molar-refractivity contribution is -0.131. The second kappa shape index (κ2) is 6.14. The van der Waals surface area contributed by atoms with E-state index in [-0.39, 0.29) is 0 Å². The molecule has 5 nitrogen and oxygen atoms in total. The second-order valence-corrected chi connectivity index (χ2v) is 4.33. The van der Waals surface area contributed by atoms with Crippen molar-refractivity contribution in [1.29, 1.82) is 0 Å². The highest BCUT2D eigenvalue weighted by Crippen LogP contribution is 2.17. The lowest BCUT2D eigenvalue weighted by Gasteiger charge is -2.07. The van der Waals surface area contributed by atoms with Gasteiger partial charge in [0.25, 0.3) is 0 Å². The van der Waals surface area contributed by atoms with Gasteiger partial charge in [-0.1, -0.05) is 13.8 Å². The number of rotatable bonds is 5. The van der Waals surface area contributed by atoms with E-state index in [9.17, 15) is 4.79 Å². The van der Waals surface area contributed by atoms with E-state index in [0.717, 1.165) is 35.9 Å². The van der Waals surface area contributed by atoms with Gasteiger partial charge in [-0.15, -0.1) is 0 Å². The average molecular weight is 271 g/mol. The van der Waals surface area contributed by atoms with Gasteiger partial charge < -0.3 is 5.11 Å². The molecule has 1 N–H and O–H groups in total. The Bertz CT molecular complexity index is 644. The van der Waals surface area contributed by atoms with Crippen LogP contribution in [0.1, 0.15) is 30.8 Å². The molecule has 2 aromatic heterocycles.